The predicted octanol–water partition coefficient (Wildman–Crippen LogP) is 2.38. The molecule has 4 nitrogen and oxygen atoms in total. The molecule has 1 amide bonds. The van der Waals surface area contributed by atoms with Gasteiger partial charge in [-0.15, -0.1) is 0 Å². The van der Waals surface area contributed by atoms with Crippen molar-refractivity contribution in [1.29, 1.82) is 0 Å². The number of carbonyl (C=O) groups excluding carboxylic acids is 1. The van der Waals surface area contributed by atoms with Crippen LogP contribution in [0.25, 0.3) is 0 Å². The van der Waals surface area contributed by atoms with Crippen molar-refractivity contribution in [2.75, 3.05) is 6.54 Å². The van der Waals surface area contributed by atoms with Crippen molar-refractivity contribution in [2.24, 2.45) is 0 Å². The van der Waals surface area contributed by atoms with Gasteiger partial charge in [-0.2, -0.15) is 5.10 Å². The van der Waals surface area contributed by atoms with Gasteiger partial charge < -0.3 is 5.32 Å². The highest BCUT2D eigenvalue weighted by molar-refractivity contribution is 9.10. The van der Waals surface area contributed by atoms with E-state index in [1.807, 2.05) is 37.4 Å². The van der Waals surface area contributed by atoms with Crippen LogP contribution in [0.2, 0.25) is 0 Å². The first-order valence-electron chi connectivity index (χ1n) is 5.68. The first kappa shape index (κ1) is 12.8. The minimum atomic E-state index is -0.0715. The van der Waals surface area contributed by atoms with Crippen molar-refractivity contribution in [3.63, 3.8) is 0 Å². The normalized spacial score (nSPS) is 10.3. The lowest BCUT2D eigenvalue weighted by Gasteiger charge is -2.07. The number of aryl methyl sites for hydroxylation is 1. The molecule has 0 spiro atoms. The fourth-order valence-corrected chi connectivity index (χ4v) is 2.05. The number of nitrogens with one attached hydrogen (secondary N) is 1. The van der Waals surface area contributed by atoms with Crippen LogP contribution in [-0.2, 0) is 6.54 Å². The maximum atomic E-state index is 12.0. The Morgan fingerprint density at radius 1 is 1.50 bits per heavy atom. The van der Waals surface area contributed by atoms with Gasteiger partial charge in [-0.1, -0.05) is 11.6 Å². The molecule has 0 aliphatic carbocycles. The minimum Gasteiger partial charge on any atom is -0.350 e. The van der Waals surface area contributed by atoms with E-state index in [0.29, 0.717) is 18.7 Å². The van der Waals surface area contributed by atoms with Crippen molar-refractivity contribution in [3.05, 3.63) is 52.3 Å². The Morgan fingerprint density at radius 3 is 3.06 bits per heavy atom. The second-order valence-electron chi connectivity index (χ2n) is 4.01. The number of aromatic nitrogens is 2. The van der Waals surface area contributed by atoms with Crippen LogP contribution in [0.4, 0.5) is 0 Å². The Hall–Kier alpha value is -1.62. The van der Waals surface area contributed by atoms with Gasteiger partial charge >= 0.3 is 0 Å². The fourth-order valence-electron chi connectivity index (χ4n) is 1.63. The molecule has 5 heteroatoms. The Balaban J connectivity index is 1.93. The second kappa shape index (κ2) is 5.82. The number of halogens is 1. The number of hydrogen-bond acceptors (Lipinski definition) is 2. The molecule has 0 bridgehead atoms. The summed E-state index contributed by atoms with van der Waals surface area (Å²) in [5.74, 6) is -0.0715. The molecule has 1 heterocycles. The molecule has 0 aliphatic rings. The molecule has 0 saturated heterocycles. The van der Waals surface area contributed by atoms with Crippen molar-refractivity contribution in [1.82, 2.24) is 15.1 Å². The monoisotopic (exact) mass is 307 g/mol. The summed E-state index contributed by atoms with van der Waals surface area (Å²) in [5, 5.41) is 6.95. The topological polar surface area (TPSA) is 46.9 Å². The number of nitrogens with zero attached hydrogens (tertiary/aromatic N) is 2. The molecule has 2 rings (SSSR count). The van der Waals surface area contributed by atoms with Crippen LogP contribution in [0.1, 0.15) is 15.9 Å². The van der Waals surface area contributed by atoms with E-state index in [0.717, 1.165) is 10.0 Å². The average Bonchev–Trinajstić information content (AvgIpc) is 2.85. The highest BCUT2D eigenvalue weighted by atomic mass is 79.9. The molecule has 0 unspecified atom stereocenters. The van der Waals surface area contributed by atoms with Crippen LogP contribution in [-0.4, -0.2) is 22.2 Å². The lowest BCUT2D eigenvalue weighted by molar-refractivity contribution is 0.0951. The number of carbonyl (C=O) groups is 1. The van der Waals surface area contributed by atoms with Gasteiger partial charge in [0.25, 0.3) is 5.91 Å². The third kappa shape index (κ3) is 3.20. The van der Waals surface area contributed by atoms with E-state index in [1.54, 1.807) is 10.9 Å². The van der Waals surface area contributed by atoms with E-state index in [2.05, 4.69) is 26.3 Å². The molecule has 2 aromatic rings. The third-order valence-corrected chi connectivity index (χ3v) is 3.24. The second-order valence-corrected chi connectivity index (χ2v) is 4.86. The molecule has 18 heavy (non-hydrogen) atoms. The minimum absolute atomic E-state index is 0.0715. The fraction of sp³-hybridized carbons (Fsp3) is 0.231. The smallest absolute Gasteiger partial charge is 0.252 e. The SMILES string of the molecule is Cc1ccc(Br)c(C(=O)NCCn2cccn2)c1. The van der Waals surface area contributed by atoms with E-state index < -0.39 is 0 Å². The average molecular weight is 308 g/mol. The van der Waals surface area contributed by atoms with Gasteiger partial charge in [-0.25, -0.2) is 0 Å². The molecule has 0 radical (unpaired) electrons. The van der Waals surface area contributed by atoms with Crippen molar-refractivity contribution in [2.45, 2.75) is 13.5 Å². The summed E-state index contributed by atoms with van der Waals surface area (Å²) in [5.41, 5.74) is 1.73. The quantitative estimate of drug-likeness (QED) is 0.942. The molecule has 0 atom stereocenters. The van der Waals surface area contributed by atoms with Gasteiger partial charge in [0, 0.05) is 23.4 Å². The van der Waals surface area contributed by atoms with Crippen LogP contribution < -0.4 is 5.32 Å². The molecule has 1 N–H and O–H groups in total. The van der Waals surface area contributed by atoms with Crippen LogP contribution in [0.15, 0.2) is 41.1 Å². The first-order chi connectivity index (χ1) is 8.66. The summed E-state index contributed by atoms with van der Waals surface area (Å²) in [6, 6.07) is 7.58. The Kier molecular flexibility index (Phi) is 4.15. The highest BCUT2D eigenvalue weighted by Gasteiger charge is 2.09. The van der Waals surface area contributed by atoms with E-state index in [1.165, 1.54) is 0 Å². The zero-order valence-electron chi connectivity index (χ0n) is 10.1. The Bertz CT molecular complexity index is 537. The van der Waals surface area contributed by atoms with Crippen LogP contribution in [0, 0.1) is 6.92 Å². The van der Waals surface area contributed by atoms with E-state index in [-0.39, 0.29) is 5.91 Å². The number of hydrogen-bond donors (Lipinski definition) is 1. The lowest BCUT2D eigenvalue weighted by atomic mass is 10.1. The summed E-state index contributed by atoms with van der Waals surface area (Å²) < 4.78 is 2.59. The molecule has 94 valence electrons. The highest BCUT2D eigenvalue weighted by Crippen LogP contribution is 2.17. The van der Waals surface area contributed by atoms with Gasteiger partial charge in [0.15, 0.2) is 0 Å². The van der Waals surface area contributed by atoms with Gasteiger partial charge in [-0.05, 0) is 41.1 Å². The molecule has 0 fully saturated rings. The summed E-state index contributed by atoms with van der Waals surface area (Å²) in [4.78, 5) is 12.0. The van der Waals surface area contributed by atoms with Gasteiger partial charge in [0.1, 0.15) is 0 Å². The maximum Gasteiger partial charge on any atom is 0.252 e. The molecule has 1 aromatic heterocycles. The summed E-state index contributed by atoms with van der Waals surface area (Å²) in [7, 11) is 0. The zero-order valence-corrected chi connectivity index (χ0v) is 11.6. The number of benzene rings is 1. The van der Waals surface area contributed by atoms with Gasteiger partial charge in [0.05, 0.1) is 12.1 Å². The molecule has 0 aliphatic heterocycles. The van der Waals surface area contributed by atoms with Crippen molar-refractivity contribution in [3.8, 4) is 0 Å². The number of rotatable bonds is 4. The summed E-state index contributed by atoms with van der Waals surface area (Å²) in [6.07, 6.45) is 3.59. The van der Waals surface area contributed by atoms with E-state index >= 15 is 0 Å². The standard InChI is InChI=1S/C13H14BrN3O/c1-10-3-4-12(14)11(9-10)13(18)15-6-8-17-7-2-5-16-17/h2-5,7,9H,6,8H2,1H3,(H,15,18). The van der Waals surface area contributed by atoms with Crippen LogP contribution >= 0.6 is 15.9 Å². The lowest BCUT2D eigenvalue weighted by Crippen LogP contribution is -2.27. The molecular formula is C13H14BrN3O. The van der Waals surface area contributed by atoms with Crippen molar-refractivity contribution < 1.29 is 4.79 Å². The van der Waals surface area contributed by atoms with Crippen molar-refractivity contribution >= 4 is 21.8 Å². The van der Waals surface area contributed by atoms with Crippen LogP contribution in [0.3, 0.4) is 0 Å². The van der Waals surface area contributed by atoms with Crippen LogP contribution in [0.5, 0.6) is 0 Å². The molecule has 0 saturated carbocycles. The predicted molar refractivity (Wildman–Crippen MR) is 73.4 cm³/mol. The Morgan fingerprint density at radius 2 is 2.33 bits per heavy atom. The van der Waals surface area contributed by atoms with Gasteiger partial charge in [0.2, 0.25) is 0 Å². The zero-order chi connectivity index (χ0) is 13.0. The number of amides is 1. The summed E-state index contributed by atoms with van der Waals surface area (Å²) in [6.45, 7) is 3.19. The van der Waals surface area contributed by atoms with E-state index in [4.69, 9.17) is 0 Å². The largest absolute Gasteiger partial charge is 0.350 e. The summed E-state index contributed by atoms with van der Waals surface area (Å²) >= 11 is 3.38. The van der Waals surface area contributed by atoms with Gasteiger partial charge in [-0.3, -0.25) is 9.48 Å². The Labute approximate surface area is 114 Å². The molecule has 1 aromatic carbocycles. The van der Waals surface area contributed by atoms with E-state index in [9.17, 15) is 4.79 Å². The maximum absolute atomic E-state index is 12.0. The first-order valence-corrected chi connectivity index (χ1v) is 6.48. The third-order valence-electron chi connectivity index (χ3n) is 2.55. The molecular weight excluding hydrogens is 294 g/mol.